The molecule has 0 saturated carbocycles. The topological polar surface area (TPSA) is 85.8 Å². The van der Waals surface area contributed by atoms with Crippen LogP contribution >= 0.6 is 11.6 Å². The molecule has 1 atom stereocenters. The number of aromatic nitrogens is 3. The third-order valence-corrected chi connectivity index (χ3v) is 5.56. The summed E-state index contributed by atoms with van der Waals surface area (Å²) in [5.74, 6) is 0.0196. The van der Waals surface area contributed by atoms with Crippen LogP contribution in [-0.2, 0) is 13.5 Å². The van der Waals surface area contributed by atoms with E-state index in [-0.39, 0.29) is 17.4 Å². The number of anilines is 1. The maximum atomic E-state index is 13.5. The molecule has 2 heterocycles. The van der Waals surface area contributed by atoms with Crippen LogP contribution in [0.4, 0.5) is 10.3 Å². The Bertz CT molecular complexity index is 1290. The van der Waals surface area contributed by atoms with Crippen LogP contribution in [0.2, 0.25) is 5.02 Å². The molecular weight excluding hydrogens is 441 g/mol. The summed E-state index contributed by atoms with van der Waals surface area (Å²) in [6, 6.07) is 16.7. The zero-order valence-corrected chi connectivity index (χ0v) is 18.8. The zero-order chi connectivity index (χ0) is 23.4. The zero-order valence-electron chi connectivity index (χ0n) is 18.0. The Hall–Kier alpha value is -3.55. The summed E-state index contributed by atoms with van der Waals surface area (Å²) in [4.78, 5) is 22.2. The third kappa shape index (κ3) is 5.27. The van der Waals surface area contributed by atoms with Crippen molar-refractivity contribution < 1.29 is 4.39 Å². The molecule has 0 spiro atoms. The van der Waals surface area contributed by atoms with Gasteiger partial charge in [0, 0.05) is 42.6 Å². The smallest absolute Gasteiger partial charge is 0.263 e. The fourth-order valence-corrected chi connectivity index (χ4v) is 3.70. The van der Waals surface area contributed by atoms with Crippen molar-refractivity contribution in [2.45, 2.75) is 12.5 Å². The molecule has 6 nitrogen and oxygen atoms in total. The Morgan fingerprint density at radius 3 is 2.36 bits per heavy atom. The van der Waals surface area contributed by atoms with E-state index < -0.39 is 0 Å². The van der Waals surface area contributed by atoms with Gasteiger partial charge in [-0.15, -0.1) is 0 Å². The number of hydrogen-bond acceptors (Lipinski definition) is 5. The lowest BCUT2D eigenvalue weighted by molar-refractivity contribution is 0.628. The highest BCUT2D eigenvalue weighted by Gasteiger charge is 2.18. The summed E-state index contributed by atoms with van der Waals surface area (Å²) in [6.07, 6.45) is 3.92. The van der Waals surface area contributed by atoms with Gasteiger partial charge >= 0.3 is 0 Å². The molecule has 0 saturated heterocycles. The molecule has 0 fully saturated rings. The molecular formula is C25H23ClFN5O. The molecule has 0 aliphatic carbocycles. The van der Waals surface area contributed by atoms with Gasteiger partial charge in [0.2, 0.25) is 5.95 Å². The molecule has 33 heavy (non-hydrogen) atoms. The summed E-state index contributed by atoms with van der Waals surface area (Å²) in [5.41, 5.74) is 9.32. The predicted molar refractivity (Wildman–Crippen MR) is 130 cm³/mol. The van der Waals surface area contributed by atoms with Crippen LogP contribution in [-0.4, -0.2) is 27.1 Å². The van der Waals surface area contributed by atoms with Gasteiger partial charge in [0.05, 0.1) is 11.3 Å². The van der Waals surface area contributed by atoms with E-state index in [0.29, 0.717) is 40.8 Å². The van der Waals surface area contributed by atoms with Gasteiger partial charge in [0.25, 0.3) is 5.56 Å². The largest absolute Gasteiger partial charge is 0.354 e. The highest BCUT2D eigenvalue weighted by molar-refractivity contribution is 6.30. The SMILES string of the molecule is Cn1c(NC[C@@H](N)Cc2ccc(Cl)cc2)nc(-c2ccncc2)c(-c2ccc(F)cc2)c1=O. The van der Waals surface area contributed by atoms with Crippen LogP contribution in [0.15, 0.2) is 77.9 Å². The molecule has 8 heteroatoms. The van der Waals surface area contributed by atoms with E-state index >= 15 is 0 Å². The summed E-state index contributed by atoms with van der Waals surface area (Å²) >= 11 is 5.95. The minimum atomic E-state index is -0.373. The first-order valence-electron chi connectivity index (χ1n) is 10.4. The number of rotatable bonds is 7. The second kappa shape index (κ2) is 9.94. The highest BCUT2D eigenvalue weighted by Crippen LogP contribution is 2.28. The van der Waals surface area contributed by atoms with Gasteiger partial charge in [0.1, 0.15) is 5.82 Å². The maximum Gasteiger partial charge on any atom is 0.263 e. The van der Waals surface area contributed by atoms with E-state index in [1.807, 2.05) is 24.3 Å². The number of pyridine rings is 1. The molecule has 0 radical (unpaired) electrons. The van der Waals surface area contributed by atoms with Crippen molar-refractivity contribution in [1.82, 2.24) is 14.5 Å². The Balaban J connectivity index is 1.66. The number of nitrogens with one attached hydrogen (secondary N) is 1. The average molecular weight is 464 g/mol. The van der Waals surface area contributed by atoms with Gasteiger partial charge in [-0.05, 0) is 53.9 Å². The first-order valence-corrected chi connectivity index (χ1v) is 10.8. The molecule has 0 unspecified atom stereocenters. The van der Waals surface area contributed by atoms with Crippen molar-refractivity contribution >= 4 is 17.5 Å². The average Bonchev–Trinajstić information content (AvgIpc) is 2.83. The van der Waals surface area contributed by atoms with E-state index in [2.05, 4.69) is 10.3 Å². The number of benzene rings is 2. The first-order chi connectivity index (χ1) is 15.9. The third-order valence-electron chi connectivity index (χ3n) is 5.31. The number of hydrogen-bond donors (Lipinski definition) is 2. The van der Waals surface area contributed by atoms with E-state index in [0.717, 1.165) is 11.1 Å². The molecule has 0 aliphatic rings. The molecule has 0 bridgehead atoms. The van der Waals surface area contributed by atoms with E-state index in [1.54, 1.807) is 43.7 Å². The summed E-state index contributed by atoms with van der Waals surface area (Å²) in [5, 5.41) is 3.88. The second-order valence-electron chi connectivity index (χ2n) is 7.74. The van der Waals surface area contributed by atoms with Crippen molar-refractivity contribution in [3.8, 4) is 22.4 Å². The molecule has 4 aromatic rings. The standard InChI is InChI=1S/C25H23ClFN5O/c1-32-24(33)22(17-4-8-20(27)9-5-17)23(18-10-12-29-13-11-18)31-25(32)30-15-21(28)14-16-2-6-19(26)7-3-16/h2-13,21H,14-15,28H2,1H3,(H,30,31)/t21-/m0/s1. The van der Waals surface area contributed by atoms with Gasteiger partial charge < -0.3 is 11.1 Å². The van der Waals surface area contributed by atoms with Crippen LogP contribution in [0.5, 0.6) is 0 Å². The van der Waals surface area contributed by atoms with Crippen molar-refractivity contribution in [2.75, 3.05) is 11.9 Å². The quantitative estimate of drug-likeness (QED) is 0.427. The van der Waals surface area contributed by atoms with E-state index in [9.17, 15) is 9.18 Å². The molecule has 0 aliphatic heterocycles. The fraction of sp³-hybridized carbons (Fsp3) is 0.160. The lowest BCUT2D eigenvalue weighted by atomic mass is 10.0. The van der Waals surface area contributed by atoms with Gasteiger partial charge in [-0.25, -0.2) is 9.37 Å². The number of nitrogens with zero attached hydrogens (tertiary/aromatic N) is 3. The number of nitrogens with two attached hydrogens (primary N) is 1. The van der Waals surface area contributed by atoms with Crippen molar-refractivity contribution in [3.63, 3.8) is 0 Å². The van der Waals surface area contributed by atoms with Gasteiger partial charge in [-0.1, -0.05) is 35.9 Å². The van der Waals surface area contributed by atoms with E-state index in [1.165, 1.54) is 16.7 Å². The lowest BCUT2D eigenvalue weighted by Crippen LogP contribution is -2.34. The Labute approximate surface area is 195 Å². The second-order valence-corrected chi connectivity index (χ2v) is 8.17. The molecule has 168 valence electrons. The molecule has 4 rings (SSSR count). The minimum Gasteiger partial charge on any atom is -0.354 e. The van der Waals surface area contributed by atoms with Crippen LogP contribution in [0.1, 0.15) is 5.56 Å². The van der Waals surface area contributed by atoms with Gasteiger partial charge in [-0.2, -0.15) is 0 Å². The lowest BCUT2D eigenvalue weighted by Gasteiger charge is -2.18. The fourth-order valence-electron chi connectivity index (χ4n) is 3.57. The normalized spacial score (nSPS) is 11.9. The van der Waals surface area contributed by atoms with Crippen molar-refractivity contribution in [2.24, 2.45) is 12.8 Å². The Morgan fingerprint density at radius 1 is 1.03 bits per heavy atom. The van der Waals surface area contributed by atoms with Crippen LogP contribution < -0.4 is 16.6 Å². The summed E-state index contributed by atoms with van der Waals surface area (Å²) in [6.45, 7) is 0.411. The van der Waals surface area contributed by atoms with Crippen LogP contribution in [0.3, 0.4) is 0 Å². The maximum absolute atomic E-state index is 13.5. The number of halogens is 2. The van der Waals surface area contributed by atoms with Crippen LogP contribution in [0, 0.1) is 5.82 Å². The molecule has 3 N–H and O–H groups in total. The molecule has 2 aromatic carbocycles. The summed E-state index contributed by atoms with van der Waals surface area (Å²) < 4.78 is 14.9. The molecule has 2 aromatic heterocycles. The molecule has 0 amide bonds. The van der Waals surface area contributed by atoms with Gasteiger partial charge in [0.15, 0.2) is 0 Å². The van der Waals surface area contributed by atoms with Crippen molar-refractivity contribution in [3.05, 3.63) is 99.8 Å². The minimum absolute atomic E-state index is 0.204. The monoisotopic (exact) mass is 463 g/mol. The van der Waals surface area contributed by atoms with E-state index in [4.69, 9.17) is 22.3 Å². The van der Waals surface area contributed by atoms with Crippen LogP contribution in [0.25, 0.3) is 22.4 Å². The van der Waals surface area contributed by atoms with Crippen molar-refractivity contribution in [1.29, 1.82) is 0 Å². The summed E-state index contributed by atoms with van der Waals surface area (Å²) in [7, 11) is 1.64. The Morgan fingerprint density at radius 2 is 1.70 bits per heavy atom. The van der Waals surface area contributed by atoms with Gasteiger partial charge in [-0.3, -0.25) is 14.3 Å². The first kappa shape index (κ1) is 22.6. The Kier molecular flexibility index (Phi) is 6.82. The predicted octanol–water partition coefficient (Wildman–Crippen LogP) is 4.28. The highest BCUT2D eigenvalue weighted by atomic mass is 35.5.